The molecule has 3 aromatic rings. The van der Waals surface area contributed by atoms with Crippen LogP contribution >= 0.6 is 0 Å². The second-order valence-corrected chi connectivity index (χ2v) is 11.3. The van der Waals surface area contributed by atoms with Crippen molar-refractivity contribution in [2.24, 2.45) is 0 Å². The van der Waals surface area contributed by atoms with E-state index in [0.717, 1.165) is 25.0 Å². The van der Waals surface area contributed by atoms with Gasteiger partial charge in [-0.3, -0.25) is 0 Å². The van der Waals surface area contributed by atoms with Crippen LogP contribution in [0.5, 0.6) is 28.9 Å². The van der Waals surface area contributed by atoms with Crippen LogP contribution in [0.2, 0.25) is 0 Å². The van der Waals surface area contributed by atoms with Crippen molar-refractivity contribution in [3.63, 3.8) is 0 Å². The Labute approximate surface area is 233 Å². The maximum absolute atomic E-state index is 6.49. The van der Waals surface area contributed by atoms with Gasteiger partial charge in [-0.1, -0.05) is 47.3 Å². The van der Waals surface area contributed by atoms with Crippen molar-refractivity contribution in [3.8, 4) is 28.9 Å². The van der Waals surface area contributed by atoms with Gasteiger partial charge in [0.15, 0.2) is 5.76 Å². The number of benzene rings is 2. The van der Waals surface area contributed by atoms with E-state index in [0.29, 0.717) is 40.3 Å². The fourth-order valence-electron chi connectivity index (χ4n) is 5.82. The van der Waals surface area contributed by atoms with Crippen LogP contribution in [0.15, 0.2) is 41.3 Å². The highest BCUT2D eigenvalue weighted by Gasteiger charge is 2.41. The molecule has 0 spiro atoms. The van der Waals surface area contributed by atoms with E-state index in [1.165, 1.54) is 28.7 Å². The highest BCUT2D eigenvalue weighted by molar-refractivity contribution is 5.81. The lowest BCUT2D eigenvalue weighted by molar-refractivity contribution is 0.298. The van der Waals surface area contributed by atoms with Gasteiger partial charge in [0.05, 0.1) is 27.0 Å². The Morgan fingerprint density at radius 1 is 0.974 bits per heavy atom. The minimum Gasteiger partial charge on any atom is -0.496 e. The summed E-state index contributed by atoms with van der Waals surface area (Å²) in [5.74, 6) is 3.62. The van der Waals surface area contributed by atoms with Crippen LogP contribution in [0.1, 0.15) is 81.9 Å². The smallest absolute Gasteiger partial charge is 0.290 e. The summed E-state index contributed by atoms with van der Waals surface area (Å²) >= 11 is 0. The van der Waals surface area contributed by atoms with Crippen LogP contribution < -0.4 is 24.3 Å². The number of fused-ring (bicyclic) bond motifs is 1. The molecular weight excluding hydrogens is 490 g/mol. The van der Waals surface area contributed by atoms with Crippen molar-refractivity contribution >= 4 is 11.4 Å². The first-order chi connectivity index (χ1) is 18.5. The lowest BCUT2D eigenvalue weighted by Gasteiger charge is -2.45. The van der Waals surface area contributed by atoms with E-state index in [2.05, 4.69) is 59.5 Å². The first-order valence-electron chi connectivity index (χ1n) is 13.7. The van der Waals surface area contributed by atoms with Crippen LogP contribution in [0.4, 0.5) is 5.69 Å². The second-order valence-electron chi connectivity index (χ2n) is 11.3. The molecule has 0 radical (unpaired) electrons. The van der Waals surface area contributed by atoms with Crippen molar-refractivity contribution in [3.05, 3.63) is 64.9 Å². The molecule has 39 heavy (non-hydrogen) atoms. The van der Waals surface area contributed by atoms with Crippen LogP contribution in [-0.4, -0.2) is 21.3 Å². The summed E-state index contributed by atoms with van der Waals surface area (Å²) in [6.07, 6.45) is 4.36. The molecule has 1 aliphatic rings. The first-order valence-corrected chi connectivity index (χ1v) is 13.7. The average Bonchev–Trinajstić information content (AvgIpc) is 3.40. The summed E-state index contributed by atoms with van der Waals surface area (Å²) in [5, 5.41) is 3.28. The number of rotatable bonds is 10. The maximum Gasteiger partial charge on any atom is 0.290 e. The molecule has 0 fully saturated rings. The predicted octanol–water partition coefficient (Wildman–Crippen LogP) is 8.79. The zero-order valence-electron chi connectivity index (χ0n) is 25.0. The van der Waals surface area contributed by atoms with Crippen molar-refractivity contribution in [1.29, 1.82) is 0 Å². The van der Waals surface area contributed by atoms with E-state index in [1.54, 1.807) is 33.5 Å². The molecular formula is C33H43NO5. The molecule has 0 saturated carbocycles. The zero-order chi connectivity index (χ0) is 28.5. The summed E-state index contributed by atoms with van der Waals surface area (Å²) in [5.41, 5.74) is 6.74. The lowest BCUT2D eigenvalue weighted by Crippen LogP contribution is -2.36. The molecule has 0 saturated heterocycles. The number of ether oxygens (including phenoxy) is 4. The molecule has 210 valence electrons. The number of anilines is 1. The predicted molar refractivity (Wildman–Crippen MR) is 158 cm³/mol. The van der Waals surface area contributed by atoms with Crippen molar-refractivity contribution < 1.29 is 23.4 Å². The van der Waals surface area contributed by atoms with Crippen LogP contribution in [0.25, 0.3) is 5.70 Å². The van der Waals surface area contributed by atoms with Gasteiger partial charge in [-0.15, -0.1) is 0 Å². The van der Waals surface area contributed by atoms with E-state index in [1.807, 2.05) is 12.1 Å². The summed E-state index contributed by atoms with van der Waals surface area (Å²) in [6, 6.07) is 9.64. The summed E-state index contributed by atoms with van der Waals surface area (Å²) < 4.78 is 29.1. The SMILES string of the molecule is C=C(Nc1c(OC)cc(OC)cc1OC)c1ccc(Oc2c(CC)cc3c(c2C)C(C)(C)CCC3(C)CC)o1. The van der Waals surface area contributed by atoms with Gasteiger partial charge in [-0.25, -0.2) is 0 Å². The van der Waals surface area contributed by atoms with Gasteiger partial charge in [0.25, 0.3) is 5.95 Å². The lowest BCUT2D eigenvalue weighted by atomic mass is 9.60. The molecule has 0 bridgehead atoms. The van der Waals surface area contributed by atoms with E-state index >= 15 is 0 Å². The third kappa shape index (κ3) is 5.21. The van der Waals surface area contributed by atoms with Crippen LogP contribution in [0.3, 0.4) is 0 Å². The zero-order valence-corrected chi connectivity index (χ0v) is 25.0. The van der Waals surface area contributed by atoms with Gasteiger partial charge in [0.1, 0.15) is 28.7 Å². The largest absolute Gasteiger partial charge is 0.496 e. The number of methoxy groups -OCH3 is 3. The Morgan fingerprint density at radius 2 is 1.64 bits per heavy atom. The molecule has 0 amide bonds. The topological polar surface area (TPSA) is 62.1 Å². The fraction of sp³-hybridized carbons (Fsp3) is 0.455. The summed E-state index contributed by atoms with van der Waals surface area (Å²) in [7, 11) is 4.79. The monoisotopic (exact) mass is 533 g/mol. The minimum absolute atomic E-state index is 0.0848. The second kappa shape index (κ2) is 10.9. The van der Waals surface area contributed by atoms with Gasteiger partial charge in [-0.05, 0) is 71.8 Å². The van der Waals surface area contributed by atoms with E-state index < -0.39 is 0 Å². The number of nitrogens with one attached hydrogen (secondary N) is 1. The third-order valence-corrected chi connectivity index (χ3v) is 8.46. The molecule has 6 heteroatoms. The Hall–Kier alpha value is -3.54. The minimum atomic E-state index is 0.0848. The highest BCUT2D eigenvalue weighted by Crippen LogP contribution is 2.52. The van der Waals surface area contributed by atoms with Crippen LogP contribution in [0, 0.1) is 6.92 Å². The number of hydrogen-bond donors (Lipinski definition) is 1. The molecule has 4 rings (SSSR count). The third-order valence-electron chi connectivity index (χ3n) is 8.46. The van der Waals surface area contributed by atoms with E-state index in [4.69, 9.17) is 23.4 Å². The van der Waals surface area contributed by atoms with Gasteiger partial charge < -0.3 is 28.7 Å². The molecule has 1 N–H and O–H groups in total. The Kier molecular flexibility index (Phi) is 7.97. The van der Waals surface area contributed by atoms with Crippen molar-refractivity contribution in [2.45, 2.75) is 78.1 Å². The molecule has 2 aromatic carbocycles. The standard InChI is InChI=1S/C33H43NO5/c1-11-22-17-24-29(32(5,6)15-16-33(24,7)12-2)20(3)31(22)39-28-14-13-25(38-28)21(4)34-30-26(36-9)18-23(35-8)19-27(30)37-10/h13-14,17-19,34H,4,11-12,15-16H2,1-3,5-10H3. The quantitative estimate of drug-likeness (QED) is 0.281. The fourth-order valence-corrected chi connectivity index (χ4v) is 5.82. The maximum atomic E-state index is 6.49. The molecule has 6 nitrogen and oxygen atoms in total. The van der Waals surface area contributed by atoms with Crippen molar-refractivity contribution in [1.82, 2.24) is 0 Å². The van der Waals surface area contributed by atoms with Gasteiger partial charge >= 0.3 is 0 Å². The molecule has 1 heterocycles. The Morgan fingerprint density at radius 3 is 2.21 bits per heavy atom. The van der Waals surface area contributed by atoms with E-state index in [9.17, 15) is 0 Å². The number of aryl methyl sites for hydroxylation is 1. The van der Waals surface area contributed by atoms with Gasteiger partial charge in [0, 0.05) is 18.2 Å². The molecule has 0 aliphatic heterocycles. The first kappa shape index (κ1) is 28.5. The average molecular weight is 534 g/mol. The number of furan rings is 1. The molecule has 1 unspecified atom stereocenters. The van der Waals surface area contributed by atoms with E-state index in [-0.39, 0.29) is 10.8 Å². The normalized spacial score (nSPS) is 17.8. The van der Waals surface area contributed by atoms with Crippen LogP contribution in [-0.2, 0) is 17.3 Å². The van der Waals surface area contributed by atoms with Gasteiger partial charge in [0.2, 0.25) is 0 Å². The van der Waals surface area contributed by atoms with Crippen molar-refractivity contribution in [2.75, 3.05) is 26.6 Å². The Bertz CT molecular complexity index is 1340. The summed E-state index contributed by atoms with van der Waals surface area (Å²) in [4.78, 5) is 0. The Balaban J connectivity index is 1.66. The molecule has 1 aliphatic carbocycles. The number of hydrogen-bond acceptors (Lipinski definition) is 6. The highest BCUT2D eigenvalue weighted by atomic mass is 16.6. The molecule has 1 aromatic heterocycles. The van der Waals surface area contributed by atoms with Gasteiger partial charge in [-0.2, -0.15) is 0 Å². The molecule has 1 atom stereocenters. The summed E-state index contributed by atoms with van der Waals surface area (Å²) in [6.45, 7) is 18.0.